The van der Waals surface area contributed by atoms with Crippen LogP contribution in [0, 0.1) is 0 Å². The quantitative estimate of drug-likeness (QED) is 0.616. The van der Waals surface area contributed by atoms with E-state index < -0.39 is 0 Å². The number of alkyl halides is 1. The molecule has 5 nitrogen and oxygen atoms in total. The first-order valence-electron chi connectivity index (χ1n) is 5.68. The van der Waals surface area contributed by atoms with Crippen molar-refractivity contribution >= 4 is 17.6 Å². The summed E-state index contributed by atoms with van der Waals surface area (Å²) < 4.78 is 10.8. The highest BCUT2D eigenvalue weighted by molar-refractivity contribution is 6.17. The number of hydrogen-bond acceptors (Lipinski definition) is 5. The molecule has 2 rings (SSSR count). The lowest BCUT2D eigenvalue weighted by molar-refractivity contribution is 0.331. The molecule has 0 aliphatic heterocycles. The predicted molar refractivity (Wildman–Crippen MR) is 69.1 cm³/mol. The first-order chi connectivity index (χ1) is 8.88. The Morgan fingerprint density at radius 1 is 1.22 bits per heavy atom. The fourth-order valence-electron chi connectivity index (χ4n) is 1.35. The van der Waals surface area contributed by atoms with Crippen molar-refractivity contribution in [3.8, 4) is 5.75 Å². The molecule has 0 spiro atoms. The summed E-state index contributed by atoms with van der Waals surface area (Å²) in [6, 6.07) is 10.0. The van der Waals surface area contributed by atoms with Gasteiger partial charge in [0, 0.05) is 12.3 Å². The fraction of sp³-hybridized carbons (Fsp3) is 0.333. The summed E-state index contributed by atoms with van der Waals surface area (Å²) in [5.74, 6) is 1.85. The molecule has 0 fully saturated rings. The van der Waals surface area contributed by atoms with E-state index in [1.54, 1.807) is 0 Å². The maximum absolute atomic E-state index is 5.57. The lowest BCUT2D eigenvalue weighted by atomic mass is 10.3. The van der Waals surface area contributed by atoms with Crippen molar-refractivity contribution in [3.05, 3.63) is 36.2 Å². The molecule has 1 aromatic heterocycles. The molecule has 0 aliphatic carbocycles. The number of rotatable bonds is 7. The summed E-state index contributed by atoms with van der Waals surface area (Å²) in [7, 11) is 0. The van der Waals surface area contributed by atoms with Crippen molar-refractivity contribution in [2.24, 2.45) is 0 Å². The van der Waals surface area contributed by atoms with Gasteiger partial charge in [-0.05, 0) is 12.1 Å². The summed E-state index contributed by atoms with van der Waals surface area (Å²) >= 11 is 5.57. The van der Waals surface area contributed by atoms with Crippen LogP contribution in [0.15, 0.2) is 34.7 Å². The van der Waals surface area contributed by atoms with Gasteiger partial charge in [-0.25, -0.2) is 0 Å². The molecule has 0 saturated heterocycles. The van der Waals surface area contributed by atoms with Crippen LogP contribution < -0.4 is 10.1 Å². The van der Waals surface area contributed by atoms with E-state index in [1.807, 2.05) is 30.3 Å². The van der Waals surface area contributed by atoms with Gasteiger partial charge < -0.3 is 14.5 Å². The smallest absolute Gasteiger partial charge is 0.315 e. The number of anilines is 1. The largest absolute Gasteiger partial charge is 0.492 e. The van der Waals surface area contributed by atoms with Gasteiger partial charge in [-0.15, -0.1) is 16.7 Å². The molecule has 0 radical (unpaired) electrons. The van der Waals surface area contributed by atoms with E-state index in [1.165, 1.54) is 0 Å². The SMILES string of the molecule is ClCCc1nnc(NCCOc2ccccc2)o1. The van der Waals surface area contributed by atoms with Gasteiger partial charge >= 0.3 is 6.01 Å². The van der Waals surface area contributed by atoms with Crippen molar-refractivity contribution in [1.82, 2.24) is 10.2 Å². The molecule has 0 saturated carbocycles. The number of nitrogens with zero attached hydrogens (tertiary/aromatic N) is 2. The molecule has 1 N–H and O–H groups in total. The van der Waals surface area contributed by atoms with Crippen LogP contribution in [0.5, 0.6) is 5.75 Å². The summed E-state index contributed by atoms with van der Waals surface area (Å²) in [4.78, 5) is 0. The van der Waals surface area contributed by atoms with Crippen LogP contribution in [0.25, 0.3) is 0 Å². The zero-order valence-electron chi connectivity index (χ0n) is 9.80. The van der Waals surface area contributed by atoms with Gasteiger partial charge in [0.2, 0.25) is 5.89 Å². The molecule has 96 valence electrons. The number of para-hydroxylation sites is 1. The van der Waals surface area contributed by atoms with Gasteiger partial charge in [0.25, 0.3) is 0 Å². The predicted octanol–water partition coefficient (Wildman–Crippen LogP) is 2.34. The molecular formula is C12H14ClN3O2. The highest BCUT2D eigenvalue weighted by Crippen LogP contribution is 2.09. The van der Waals surface area contributed by atoms with Crippen LogP contribution in [-0.2, 0) is 6.42 Å². The van der Waals surface area contributed by atoms with Gasteiger partial charge in [0.05, 0.1) is 6.54 Å². The Morgan fingerprint density at radius 2 is 2.06 bits per heavy atom. The van der Waals surface area contributed by atoms with Crippen molar-refractivity contribution in [3.63, 3.8) is 0 Å². The van der Waals surface area contributed by atoms with Crippen LogP contribution in [0.1, 0.15) is 5.89 Å². The first kappa shape index (κ1) is 12.7. The van der Waals surface area contributed by atoms with Crippen LogP contribution in [0.3, 0.4) is 0 Å². The number of benzene rings is 1. The molecule has 0 bridgehead atoms. The topological polar surface area (TPSA) is 60.2 Å². The van der Waals surface area contributed by atoms with Crippen molar-refractivity contribution in [2.75, 3.05) is 24.3 Å². The normalized spacial score (nSPS) is 10.3. The molecule has 0 unspecified atom stereocenters. The number of hydrogen-bond donors (Lipinski definition) is 1. The Balaban J connectivity index is 1.68. The van der Waals surface area contributed by atoms with Gasteiger partial charge in [0.15, 0.2) is 0 Å². The van der Waals surface area contributed by atoms with Crippen molar-refractivity contribution < 1.29 is 9.15 Å². The summed E-state index contributed by atoms with van der Waals surface area (Å²) in [6.45, 7) is 1.12. The number of aryl methyl sites for hydroxylation is 1. The van der Waals surface area contributed by atoms with E-state index in [0.29, 0.717) is 37.4 Å². The third-order valence-electron chi connectivity index (χ3n) is 2.17. The number of aromatic nitrogens is 2. The monoisotopic (exact) mass is 267 g/mol. The average Bonchev–Trinajstić information content (AvgIpc) is 2.84. The standard InChI is InChI=1S/C12H14ClN3O2/c13-7-6-11-15-16-12(18-11)14-8-9-17-10-4-2-1-3-5-10/h1-5H,6-9H2,(H,14,16). The van der Waals surface area contributed by atoms with E-state index >= 15 is 0 Å². The third-order valence-corrected chi connectivity index (χ3v) is 2.35. The number of halogens is 1. The maximum Gasteiger partial charge on any atom is 0.315 e. The van der Waals surface area contributed by atoms with Crippen molar-refractivity contribution in [2.45, 2.75) is 6.42 Å². The zero-order chi connectivity index (χ0) is 12.6. The molecule has 0 aliphatic rings. The van der Waals surface area contributed by atoms with Crippen LogP contribution >= 0.6 is 11.6 Å². The minimum atomic E-state index is 0.395. The van der Waals surface area contributed by atoms with Crippen molar-refractivity contribution in [1.29, 1.82) is 0 Å². The first-order valence-corrected chi connectivity index (χ1v) is 6.22. The highest BCUT2D eigenvalue weighted by Gasteiger charge is 2.04. The second-order valence-electron chi connectivity index (χ2n) is 3.53. The highest BCUT2D eigenvalue weighted by atomic mass is 35.5. The molecule has 18 heavy (non-hydrogen) atoms. The molecular weight excluding hydrogens is 254 g/mol. The Kier molecular flexibility index (Phi) is 4.84. The lowest BCUT2D eigenvalue weighted by Gasteiger charge is -2.05. The molecule has 2 aromatic rings. The number of nitrogens with one attached hydrogen (secondary N) is 1. The Labute approximate surface area is 110 Å². The van der Waals surface area contributed by atoms with Gasteiger partial charge in [-0.2, -0.15) is 0 Å². The average molecular weight is 268 g/mol. The van der Waals surface area contributed by atoms with Crippen LogP contribution in [0.2, 0.25) is 0 Å². The fourth-order valence-corrected chi connectivity index (χ4v) is 1.51. The zero-order valence-corrected chi connectivity index (χ0v) is 10.6. The lowest BCUT2D eigenvalue weighted by Crippen LogP contribution is -2.11. The molecule has 0 atom stereocenters. The summed E-state index contributed by atoms with van der Waals surface area (Å²) in [6.07, 6.45) is 0.580. The summed E-state index contributed by atoms with van der Waals surface area (Å²) in [5, 5.41) is 10.7. The maximum atomic E-state index is 5.57. The van der Waals surface area contributed by atoms with Gasteiger partial charge in [-0.1, -0.05) is 23.3 Å². The molecule has 0 amide bonds. The van der Waals surface area contributed by atoms with Crippen LogP contribution in [-0.4, -0.2) is 29.2 Å². The second kappa shape index (κ2) is 6.86. The Bertz CT molecular complexity index is 461. The van der Waals surface area contributed by atoms with Gasteiger partial charge in [-0.3, -0.25) is 0 Å². The Morgan fingerprint density at radius 3 is 2.83 bits per heavy atom. The van der Waals surface area contributed by atoms with E-state index in [9.17, 15) is 0 Å². The minimum absolute atomic E-state index is 0.395. The minimum Gasteiger partial charge on any atom is -0.492 e. The van der Waals surface area contributed by atoms with Gasteiger partial charge in [0.1, 0.15) is 12.4 Å². The summed E-state index contributed by atoms with van der Waals surface area (Å²) in [5.41, 5.74) is 0. The van der Waals surface area contributed by atoms with E-state index in [-0.39, 0.29) is 0 Å². The molecule has 1 aromatic carbocycles. The molecule has 6 heteroatoms. The molecule has 1 heterocycles. The second-order valence-corrected chi connectivity index (χ2v) is 3.91. The van der Waals surface area contributed by atoms with E-state index in [0.717, 1.165) is 5.75 Å². The van der Waals surface area contributed by atoms with E-state index in [2.05, 4.69) is 15.5 Å². The van der Waals surface area contributed by atoms with Crippen LogP contribution in [0.4, 0.5) is 6.01 Å². The van der Waals surface area contributed by atoms with E-state index in [4.69, 9.17) is 20.8 Å². The third kappa shape index (κ3) is 3.92. The Hall–Kier alpha value is -1.75. The number of ether oxygens (including phenoxy) is 1.